The van der Waals surface area contributed by atoms with Gasteiger partial charge in [-0.1, -0.05) is 11.6 Å². The summed E-state index contributed by atoms with van der Waals surface area (Å²) in [7, 11) is 0. The Hall–Kier alpha value is -1.61. The largest absolute Gasteiger partial charge is 0.398 e. The Morgan fingerprint density at radius 2 is 2.07 bits per heavy atom. The van der Waals surface area contributed by atoms with Crippen molar-refractivity contribution < 1.29 is 0 Å². The van der Waals surface area contributed by atoms with E-state index in [0.717, 1.165) is 11.3 Å². The highest BCUT2D eigenvalue weighted by Gasteiger charge is 2.03. The number of benzene rings is 1. The van der Waals surface area contributed by atoms with Crippen molar-refractivity contribution in [1.29, 1.82) is 0 Å². The Kier molecular flexibility index (Phi) is 2.33. The molecule has 3 nitrogen and oxygen atoms in total. The monoisotopic (exact) mass is 205 g/mol. The summed E-state index contributed by atoms with van der Waals surface area (Å²) in [6.45, 7) is 0. The first kappa shape index (κ1) is 8.97. The first-order valence-electron chi connectivity index (χ1n) is 4.09. The van der Waals surface area contributed by atoms with E-state index in [2.05, 4.69) is 9.97 Å². The van der Waals surface area contributed by atoms with Crippen LogP contribution in [0.2, 0.25) is 5.02 Å². The second kappa shape index (κ2) is 3.64. The third-order valence-electron chi connectivity index (χ3n) is 1.87. The second-order valence-electron chi connectivity index (χ2n) is 2.83. The third-order valence-corrected chi connectivity index (χ3v) is 2.11. The Morgan fingerprint density at radius 3 is 2.71 bits per heavy atom. The molecule has 2 N–H and O–H groups in total. The van der Waals surface area contributed by atoms with Gasteiger partial charge in [-0.2, -0.15) is 0 Å². The number of anilines is 1. The molecule has 2 aromatic rings. The first-order valence-corrected chi connectivity index (χ1v) is 4.46. The molecule has 0 radical (unpaired) electrons. The average molecular weight is 206 g/mol. The predicted molar refractivity (Wildman–Crippen MR) is 56.9 cm³/mol. The van der Waals surface area contributed by atoms with Crippen molar-refractivity contribution in [3.05, 3.63) is 41.8 Å². The zero-order chi connectivity index (χ0) is 9.97. The predicted octanol–water partition coefficient (Wildman–Crippen LogP) is 2.38. The van der Waals surface area contributed by atoms with Crippen LogP contribution in [-0.2, 0) is 0 Å². The number of nitrogens with two attached hydrogens (primary N) is 1. The SMILES string of the molecule is Nc1cc(Cl)ccc1-c1ccncn1. The molecule has 0 saturated carbocycles. The van der Waals surface area contributed by atoms with Gasteiger partial charge in [-0.25, -0.2) is 9.97 Å². The van der Waals surface area contributed by atoms with E-state index in [4.69, 9.17) is 17.3 Å². The molecule has 0 aliphatic heterocycles. The molecule has 0 atom stereocenters. The van der Waals surface area contributed by atoms with Gasteiger partial charge in [-0.3, -0.25) is 0 Å². The molecule has 0 amide bonds. The molecule has 0 spiro atoms. The maximum atomic E-state index is 5.81. The maximum absolute atomic E-state index is 5.81. The van der Waals surface area contributed by atoms with E-state index in [1.54, 1.807) is 24.4 Å². The number of nitrogens with zero attached hydrogens (tertiary/aromatic N) is 2. The summed E-state index contributed by atoms with van der Waals surface area (Å²) < 4.78 is 0. The van der Waals surface area contributed by atoms with Gasteiger partial charge in [0, 0.05) is 22.5 Å². The fourth-order valence-corrected chi connectivity index (χ4v) is 1.40. The van der Waals surface area contributed by atoms with Crippen molar-refractivity contribution >= 4 is 17.3 Å². The Morgan fingerprint density at radius 1 is 1.21 bits per heavy atom. The molecule has 0 bridgehead atoms. The highest BCUT2D eigenvalue weighted by Crippen LogP contribution is 2.26. The molecule has 0 aliphatic rings. The smallest absolute Gasteiger partial charge is 0.116 e. The second-order valence-corrected chi connectivity index (χ2v) is 3.26. The van der Waals surface area contributed by atoms with E-state index < -0.39 is 0 Å². The quantitative estimate of drug-likeness (QED) is 0.728. The van der Waals surface area contributed by atoms with E-state index in [1.807, 2.05) is 6.07 Å². The summed E-state index contributed by atoms with van der Waals surface area (Å²) in [6, 6.07) is 7.15. The Balaban J connectivity index is 2.53. The van der Waals surface area contributed by atoms with Crippen LogP contribution in [0.3, 0.4) is 0 Å². The topological polar surface area (TPSA) is 51.8 Å². The molecule has 0 fully saturated rings. The lowest BCUT2D eigenvalue weighted by Gasteiger charge is -2.04. The lowest BCUT2D eigenvalue weighted by Crippen LogP contribution is -1.91. The van der Waals surface area contributed by atoms with Crippen LogP contribution in [0, 0.1) is 0 Å². The van der Waals surface area contributed by atoms with Gasteiger partial charge in [0.1, 0.15) is 6.33 Å². The molecule has 4 heteroatoms. The Bertz CT molecular complexity index is 442. The zero-order valence-corrected chi connectivity index (χ0v) is 8.07. The summed E-state index contributed by atoms with van der Waals surface area (Å²) in [4.78, 5) is 7.95. The van der Waals surface area contributed by atoms with Crippen molar-refractivity contribution in [3.63, 3.8) is 0 Å². The number of nitrogen functional groups attached to an aromatic ring is 1. The Labute approximate surface area is 86.6 Å². The minimum atomic E-state index is 0.621. The van der Waals surface area contributed by atoms with Gasteiger partial charge in [0.15, 0.2) is 0 Å². The fourth-order valence-electron chi connectivity index (χ4n) is 1.22. The van der Waals surface area contributed by atoms with Crippen LogP contribution >= 0.6 is 11.6 Å². The van der Waals surface area contributed by atoms with Crippen LogP contribution < -0.4 is 5.73 Å². The van der Waals surface area contributed by atoms with E-state index >= 15 is 0 Å². The number of rotatable bonds is 1. The summed E-state index contributed by atoms with van der Waals surface area (Å²) in [5.41, 5.74) is 8.10. The van der Waals surface area contributed by atoms with Gasteiger partial charge in [-0.15, -0.1) is 0 Å². The van der Waals surface area contributed by atoms with Crippen LogP contribution in [0.25, 0.3) is 11.3 Å². The molecule has 1 heterocycles. The fraction of sp³-hybridized carbons (Fsp3) is 0. The lowest BCUT2D eigenvalue weighted by atomic mass is 10.1. The molecule has 2 rings (SSSR count). The summed E-state index contributed by atoms with van der Waals surface area (Å²) in [5.74, 6) is 0. The number of hydrogen-bond acceptors (Lipinski definition) is 3. The van der Waals surface area contributed by atoms with Gasteiger partial charge in [0.25, 0.3) is 0 Å². The van der Waals surface area contributed by atoms with E-state index in [1.165, 1.54) is 6.33 Å². The highest BCUT2D eigenvalue weighted by atomic mass is 35.5. The number of aromatic nitrogens is 2. The van der Waals surface area contributed by atoms with Crippen molar-refractivity contribution in [2.24, 2.45) is 0 Å². The number of halogens is 1. The standard InChI is InChI=1S/C10H8ClN3/c11-7-1-2-8(9(12)5-7)10-3-4-13-6-14-10/h1-6H,12H2. The van der Waals surface area contributed by atoms with Crippen LogP contribution in [0.5, 0.6) is 0 Å². The molecule has 0 unspecified atom stereocenters. The van der Waals surface area contributed by atoms with Crippen molar-refractivity contribution in [2.45, 2.75) is 0 Å². The van der Waals surface area contributed by atoms with Gasteiger partial charge < -0.3 is 5.73 Å². The lowest BCUT2D eigenvalue weighted by molar-refractivity contribution is 1.17. The molecule has 0 aliphatic carbocycles. The molecular formula is C10H8ClN3. The van der Waals surface area contributed by atoms with Crippen molar-refractivity contribution in [3.8, 4) is 11.3 Å². The first-order chi connectivity index (χ1) is 6.77. The van der Waals surface area contributed by atoms with E-state index in [0.29, 0.717) is 10.7 Å². The molecule has 1 aromatic heterocycles. The minimum Gasteiger partial charge on any atom is -0.398 e. The van der Waals surface area contributed by atoms with Crippen LogP contribution in [-0.4, -0.2) is 9.97 Å². The minimum absolute atomic E-state index is 0.621. The van der Waals surface area contributed by atoms with E-state index in [9.17, 15) is 0 Å². The maximum Gasteiger partial charge on any atom is 0.116 e. The number of hydrogen-bond donors (Lipinski definition) is 1. The van der Waals surface area contributed by atoms with Gasteiger partial charge in [-0.05, 0) is 24.3 Å². The van der Waals surface area contributed by atoms with Gasteiger partial charge >= 0.3 is 0 Å². The van der Waals surface area contributed by atoms with Crippen LogP contribution in [0.15, 0.2) is 36.8 Å². The molecular weight excluding hydrogens is 198 g/mol. The van der Waals surface area contributed by atoms with Crippen LogP contribution in [0.4, 0.5) is 5.69 Å². The van der Waals surface area contributed by atoms with Gasteiger partial charge in [0.2, 0.25) is 0 Å². The molecule has 0 saturated heterocycles. The van der Waals surface area contributed by atoms with Crippen molar-refractivity contribution in [1.82, 2.24) is 9.97 Å². The molecule has 1 aromatic carbocycles. The van der Waals surface area contributed by atoms with Crippen molar-refractivity contribution in [2.75, 3.05) is 5.73 Å². The molecule has 70 valence electrons. The zero-order valence-electron chi connectivity index (χ0n) is 7.31. The molecule has 14 heavy (non-hydrogen) atoms. The average Bonchev–Trinajstić information content (AvgIpc) is 2.19. The summed E-state index contributed by atoms with van der Waals surface area (Å²) >= 11 is 5.79. The normalized spacial score (nSPS) is 10.1. The highest BCUT2D eigenvalue weighted by molar-refractivity contribution is 6.31. The van der Waals surface area contributed by atoms with Crippen LogP contribution in [0.1, 0.15) is 0 Å². The summed E-state index contributed by atoms with van der Waals surface area (Å²) in [6.07, 6.45) is 3.17. The van der Waals surface area contributed by atoms with Gasteiger partial charge in [0.05, 0.1) is 5.69 Å². The third kappa shape index (κ3) is 1.67. The summed E-state index contributed by atoms with van der Waals surface area (Å²) in [5, 5.41) is 0.625. The van der Waals surface area contributed by atoms with E-state index in [-0.39, 0.29) is 0 Å².